The Morgan fingerprint density at radius 1 is 1.00 bits per heavy atom. The van der Waals surface area contributed by atoms with Gasteiger partial charge in [0.25, 0.3) is 15.9 Å². The molecule has 3 aromatic rings. The number of carbonyl (C=O) groups is 1. The fourth-order valence-electron chi connectivity index (χ4n) is 3.99. The first-order chi connectivity index (χ1) is 19.0. The monoisotopic (exact) mass is 607 g/mol. The Labute approximate surface area is 239 Å². The Hall–Kier alpha value is -3.16. The fraction of sp³-hybridized carbons (Fsp3) is 0.296. The second-order valence-corrected chi connectivity index (χ2v) is 13.1. The van der Waals surface area contributed by atoms with Gasteiger partial charge >= 0.3 is 0 Å². The number of aryl methyl sites for hydroxylation is 1. The molecule has 10 nitrogen and oxygen atoms in total. The van der Waals surface area contributed by atoms with Crippen LogP contribution in [0.5, 0.6) is 5.75 Å². The van der Waals surface area contributed by atoms with Crippen LogP contribution in [0.2, 0.25) is 5.02 Å². The summed E-state index contributed by atoms with van der Waals surface area (Å²) in [5.41, 5.74) is 2.25. The van der Waals surface area contributed by atoms with Crippen molar-refractivity contribution < 1.29 is 31.1 Å². The van der Waals surface area contributed by atoms with E-state index < -0.39 is 26.0 Å². The number of benzene rings is 3. The molecule has 1 heterocycles. The predicted octanol–water partition coefficient (Wildman–Crippen LogP) is 3.59. The van der Waals surface area contributed by atoms with Gasteiger partial charge in [0.05, 0.1) is 35.4 Å². The van der Waals surface area contributed by atoms with Crippen LogP contribution in [0.15, 0.2) is 70.5 Å². The van der Waals surface area contributed by atoms with Gasteiger partial charge in [-0.1, -0.05) is 23.7 Å². The van der Waals surface area contributed by atoms with Crippen molar-refractivity contribution in [2.45, 2.75) is 23.6 Å². The summed E-state index contributed by atoms with van der Waals surface area (Å²) in [6.45, 7) is 5.26. The zero-order chi connectivity index (χ0) is 28.9. The van der Waals surface area contributed by atoms with Crippen molar-refractivity contribution in [1.82, 2.24) is 9.62 Å². The van der Waals surface area contributed by atoms with Crippen molar-refractivity contribution in [3.8, 4) is 5.75 Å². The molecule has 2 N–H and O–H groups in total. The minimum atomic E-state index is -4.06. The van der Waals surface area contributed by atoms with Gasteiger partial charge in [0, 0.05) is 18.7 Å². The maximum Gasteiger partial charge on any atom is 0.263 e. The van der Waals surface area contributed by atoms with Crippen LogP contribution in [-0.2, 0) is 24.8 Å². The summed E-state index contributed by atoms with van der Waals surface area (Å²) in [5.74, 6) is -0.0667. The smallest absolute Gasteiger partial charge is 0.263 e. The highest BCUT2D eigenvalue weighted by atomic mass is 35.5. The molecule has 0 atom stereocenters. The Bertz CT molecular complexity index is 1590. The first-order valence-electron chi connectivity index (χ1n) is 12.5. The summed E-state index contributed by atoms with van der Waals surface area (Å²) in [4.78, 5) is 12.6. The number of nitrogens with one attached hydrogen (secondary N) is 2. The second kappa shape index (κ2) is 12.6. The molecule has 0 aliphatic carbocycles. The second-order valence-electron chi connectivity index (χ2n) is 9.09. The van der Waals surface area contributed by atoms with Crippen molar-refractivity contribution in [2.75, 3.05) is 44.2 Å². The molecule has 0 spiro atoms. The number of anilines is 1. The van der Waals surface area contributed by atoms with E-state index in [1.54, 1.807) is 24.3 Å². The lowest BCUT2D eigenvalue weighted by Gasteiger charge is -2.26. The third-order valence-electron chi connectivity index (χ3n) is 6.42. The number of halogens is 1. The maximum absolute atomic E-state index is 13.1. The van der Waals surface area contributed by atoms with Crippen molar-refractivity contribution in [3.63, 3.8) is 0 Å². The van der Waals surface area contributed by atoms with E-state index in [0.29, 0.717) is 37.7 Å². The van der Waals surface area contributed by atoms with Gasteiger partial charge in [0.2, 0.25) is 10.0 Å². The van der Waals surface area contributed by atoms with E-state index in [-0.39, 0.29) is 33.5 Å². The third-order valence-corrected chi connectivity index (χ3v) is 10.2. The van der Waals surface area contributed by atoms with Crippen molar-refractivity contribution in [1.29, 1.82) is 0 Å². The fourth-order valence-corrected chi connectivity index (χ4v) is 7.05. The van der Waals surface area contributed by atoms with Gasteiger partial charge in [-0.05, 0) is 73.5 Å². The Kier molecular flexibility index (Phi) is 9.37. The average molecular weight is 608 g/mol. The van der Waals surface area contributed by atoms with Crippen molar-refractivity contribution in [3.05, 3.63) is 82.4 Å². The van der Waals surface area contributed by atoms with E-state index in [9.17, 15) is 21.6 Å². The summed E-state index contributed by atoms with van der Waals surface area (Å²) in [7, 11) is -7.66. The molecule has 0 radical (unpaired) electrons. The van der Waals surface area contributed by atoms with Crippen LogP contribution in [0.4, 0.5) is 5.69 Å². The molecule has 1 aliphatic heterocycles. The summed E-state index contributed by atoms with van der Waals surface area (Å²) < 4.78 is 66.3. The number of carbonyl (C=O) groups excluding carboxylic acids is 1. The largest absolute Gasteiger partial charge is 0.492 e. The lowest BCUT2D eigenvalue weighted by molar-refractivity contribution is 0.0730. The van der Waals surface area contributed by atoms with Crippen LogP contribution < -0.4 is 14.8 Å². The minimum Gasteiger partial charge on any atom is -0.492 e. The highest BCUT2D eigenvalue weighted by molar-refractivity contribution is 7.92. The van der Waals surface area contributed by atoms with E-state index in [2.05, 4.69) is 10.0 Å². The van der Waals surface area contributed by atoms with E-state index in [0.717, 1.165) is 11.1 Å². The van der Waals surface area contributed by atoms with Gasteiger partial charge in [-0.3, -0.25) is 9.52 Å². The van der Waals surface area contributed by atoms with Crippen molar-refractivity contribution >= 4 is 43.2 Å². The highest BCUT2D eigenvalue weighted by Gasteiger charge is 2.26. The predicted molar refractivity (Wildman–Crippen MR) is 152 cm³/mol. The topological polar surface area (TPSA) is 131 Å². The standard InChI is InChI=1S/C27H30ClN3O7S2/c1-19-4-3-5-25(20(19)2)30-39(33,34)26-18-21(6-11-24(26)28)27(32)29-12-15-38-22-7-9-23(10-8-22)40(35,36)31-13-16-37-17-14-31/h3-11,18,30H,12-17H2,1-2H3,(H,29,32). The summed E-state index contributed by atoms with van der Waals surface area (Å²) in [6, 6.07) is 15.3. The van der Waals surface area contributed by atoms with Crippen molar-refractivity contribution in [2.24, 2.45) is 0 Å². The maximum atomic E-state index is 13.1. The first-order valence-corrected chi connectivity index (χ1v) is 15.8. The molecular weight excluding hydrogens is 578 g/mol. The van der Waals surface area contributed by atoms with Gasteiger partial charge in [-0.25, -0.2) is 16.8 Å². The van der Waals surface area contributed by atoms with Gasteiger partial charge in [-0.15, -0.1) is 0 Å². The lowest BCUT2D eigenvalue weighted by atomic mass is 10.1. The molecule has 40 heavy (non-hydrogen) atoms. The molecule has 1 fully saturated rings. The zero-order valence-electron chi connectivity index (χ0n) is 22.0. The van der Waals surface area contributed by atoms with Crippen LogP contribution in [0.3, 0.4) is 0 Å². The number of rotatable bonds is 10. The summed E-state index contributed by atoms with van der Waals surface area (Å²) in [6.07, 6.45) is 0. The molecule has 1 saturated heterocycles. The molecule has 1 aliphatic rings. The molecule has 13 heteroatoms. The quantitative estimate of drug-likeness (QED) is 0.337. The van der Waals surface area contributed by atoms with Crippen LogP contribution in [-0.4, -0.2) is 66.5 Å². The molecule has 1 amide bonds. The lowest BCUT2D eigenvalue weighted by Crippen LogP contribution is -2.40. The molecule has 0 saturated carbocycles. The Morgan fingerprint density at radius 2 is 1.70 bits per heavy atom. The number of hydrogen-bond acceptors (Lipinski definition) is 7. The molecule has 3 aromatic carbocycles. The van der Waals surface area contributed by atoms with E-state index in [1.165, 1.54) is 34.6 Å². The van der Waals surface area contributed by atoms with Gasteiger partial charge in [0.1, 0.15) is 17.3 Å². The average Bonchev–Trinajstić information content (AvgIpc) is 2.94. The van der Waals surface area contributed by atoms with Gasteiger partial charge < -0.3 is 14.8 Å². The van der Waals surface area contributed by atoms with Gasteiger partial charge in [-0.2, -0.15) is 4.31 Å². The number of amides is 1. The van der Waals surface area contributed by atoms with E-state index in [4.69, 9.17) is 21.1 Å². The van der Waals surface area contributed by atoms with Crippen LogP contribution in [0.25, 0.3) is 0 Å². The molecule has 4 rings (SSSR count). The van der Waals surface area contributed by atoms with Gasteiger partial charge in [0.15, 0.2) is 0 Å². The number of hydrogen-bond donors (Lipinski definition) is 2. The Balaban J connectivity index is 1.33. The number of nitrogens with zero attached hydrogens (tertiary/aromatic N) is 1. The highest BCUT2D eigenvalue weighted by Crippen LogP contribution is 2.27. The van der Waals surface area contributed by atoms with Crippen LogP contribution in [0, 0.1) is 13.8 Å². The SMILES string of the molecule is Cc1cccc(NS(=O)(=O)c2cc(C(=O)NCCOc3ccc(S(=O)(=O)N4CCOCC4)cc3)ccc2Cl)c1C. The molecule has 214 valence electrons. The van der Waals surface area contributed by atoms with E-state index >= 15 is 0 Å². The molecule has 0 unspecified atom stereocenters. The first kappa shape index (κ1) is 29.8. The third kappa shape index (κ3) is 6.94. The van der Waals surface area contributed by atoms with Crippen LogP contribution >= 0.6 is 11.6 Å². The molecule has 0 aromatic heterocycles. The van der Waals surface area contributed by atoms with Crippen LogP contribution in [0.1, 0.15) is 21.5 Å². The number of sulfonamides is 2. The molecular formula is C27H30ClN3O7S2. The minimum absolute atomic E-state index is 0.0169. The normalized spacial score (nSPS) is 14.5. The zero-order valence-corrected chi connectivity index (χ0v) is 24.4. The summed E-state index contributed by atoms with van der Waals surface area (Å²) in [5, 5.41) is 2.66. The van der Waals surface area contributed by atoms with E-state index in [1.807, 2.05) is 19.9 Å². The number of morpholine rings is 1. The molecule has 0 bridgehead atoms. The Morgan fingerprint density at radius 3 is 2.40 bits per heavy atom. The summed E-state index contributed by atoms with van der Waals surface area (Å²) >= 11 is 6.18. The number of ether oxygens (including phenoxy) is 2.